The van der Waals surface area contributed by atoms with E-state index < -0.39 is 5.60 Å². The smallest absolute Gasteiger partial charge is 0.252 e. The number of nitrogens with zero attached hydrogens (tertiary/aromatic N) is 1. The molecule has 1 saturated carbocycles. The fourth-order valence-corrected chi connectivity index (χ4v) is 3.04. The molecule has 2 N–H and O–H groups in total. The first-order chi connectivity index (χ1) is 11.4. The highest BCUT2D eigenvalue weighted by Crippen LogP contribution is 2.38. The van der Waals surface area contributed by atoms with E-state index in [-0.39, 0.29) is 24.0 Å². The monoisotopic (exact) mass is 328 g/mol. The van der Waals surface area contributed by atoms with Crippen LogP contribution in [0.4, 0.5) is 0 Å². The Morgan fingerprint density at radius 2 is 2.08 bits per heavy atom. The third-order valence-corrected chi connectivity index (χ3v) is 4.94. The molecule has 0 bridgehead atoms. The minimum absolute atomic E-state index is 0.162. The predicted octanol–water partition coefficient (Wildman–Crippen LogP) is 2.59. The molecule has 24 heavy (non-hydrogen) atoms. The number of benzene rings is 1. The number of amides is 1. The van der Waals surface area contributed by atoms with Crippen LogP contribution in [0.1, 0.15) is 38.3 Å². The lowest BCUT2D eigenvalue weighted by atomic mass is 9.75. The summed E-state index contributed by atoms with van der Waals surface area (Å²) in [6.45, 7) is 3.49. The van der Waals surface area contributed by atoms with Crippen molar-refractivity contribution in [1.82, 2.24) is 10.3 Å². The van der Waals surface area contributed by atoms with Gasteiger partial charge in [0.1, 0.15) is 5.60 Å². The minimum atomic E-state index is -0.898. The summed E-state index contributed by atoms with van der Waals surface area (Å²) < 4.78 is 5.28. The number of para-hydroxylation sites is 1. The van der Waals surface area contributed by atoms with Gasteiger partial charge in [-0.05, 0) is 50.3 Å². The number of nitrogens with one attached hydrogen (secondary N) is 1. The molecule has 0 saturated heterocycles. The lowest BCUT2D eigenvalue weighted by molar-refractivity contribution is -0.141. The van der Waals surface area contributed by atoms with Crippen LogP contribution in [0.15, 0.2) is 36.5 Å². The quantitative estimate of drug-likeness (QED) is 0.885. The van der Waals surface area contributed by atoms with Gasteiger partial charge in [0, 0.05) is 18.7 Å². The maximum absolute atomic E-state index is 12.6. The van der Waals surface area contributed by atoms with Crippen molar-refractivity contribution in [2.24, 2.45) is 5.92 Å². The Hall–Kier alpha value is -1.98. The summed E-state index contributed by atoms with van der Waals surface area (Å²) >= 11 is 0. The van der Waals surface area contributed by atoms with Crippen molar-refractivity contribution in [1.29, 1.82) is 0 Å². The van der Waals surface area contributed by atoms with Crippen molar-refractivity contribution in [2.45, 2.75) is 44.4 Å². The standard InChI is InChI=1S/C19H24N2O3/c1-19(2,24-3)18(23)21-17(13-9-15(22)10-13)14-8-12-6-4-5-7-16(12)20-11-14/h4-8,11,13,15,17,22H,9-10H2,1-3H3,(H,21,23)/t13?,15?,17-/m1/s1. The molecule has 2 aromatic rings. The average molecular weight is 328 g/mol. The van der Waals surface area contributed by atoms with Gasteiger partial charge in [-0.25, -0.2) is 0 Å². The SMILES string of the molecule is COC(C)(C)C(=O)N[C@@H](c1cnc2ccccc2c1)C1CC(O)C1. The molecule has 0 aliphatic heterocycles. The number of pyridine rings is 1. The molecule has 1 heterocycles. The van der Waals surface area contributed by atoms with Gasteiger partial charge in [-0.3, -0.25) is 9.78 Å². The number of aliphatic hydroxyl groups excluding tert-OH is 1. The highest BCUT2D eigenvalue weighted by Gasteiger charge is 2.38. The number of fused-ring (bicyclic) bond motifs is 1. The molecule has 1 aliphatic carbocycles. The molecule has 1 amide bonds. The van der Waals surface area contributed by atoms with Crippen molar-refractivity contribution in [3.8, 4) is 0 Å². The summed E-state index contributed by atoms with van der Waals surface area (Å²) in [6.07, 6.45) is 2.91. The Kier molecular flexibility index (Phi) is 4.56. The van der Waals surface area contributed by atoms with Crippen molar-refractivity contribution in [2.75, 3.05) is 7.11 Å². The molecule has 0 spiro atoms. The molecule has 1 fully saturated rings. The molecular formula is C19H24N2O3. The lowest BCUT2D eigenvalue weighted by Crippen LogP contribution is -2.49. The molecule has 5 heteroatoms. The van der Waals surface area contributed by atoms with Gasteiger partial charge in [0.15, 0.2) is 0 Å². The molecule has 5 nitrogen and oxygen atoms in total. The van der Waals surface area contributed by atoms with Gasteiger partial charge >= 0.3 is 0 Å². The summed E-state index contributed by atoms with van der Waals surface area (Å²) in [5, 5.41) is 13.8. The maximum atomic E-state index is 12.6. The van der Waals surface area contributed by atoms with Crippen molar-refractivity contribution in [3.63, 3.8) is 0 Å². The van der Waals surface area contributed by atoms with Crippen LogP contribution in [0.2, 0.25) is 0 Å². The zero-order valence-corrected chi connectivity index (χ0v) is 14.3. The number of aliphatic hydroxyl groups is 1. The van der Waals surface area contributed by atoms with Crippen molar-refractivity contribution in [3.05, 3.63) is 42.1 Å². The van der Waals surface area contributed by atoms with Gasteiger partial charge in [0.2, 0.25) is 0 Å². The van der Waals surface area contributed by atoms with Gasteiger partial charge < -0.3 is 15.2 Å². The summed E-state index contributed by atoms with van der Waals surface area (Å²) in [6, 6.07) is 9.80. The Balaban J connectivity index is 1.90. The van der Waals surface area contributed by atoms with E-state index in [9.17, 15) is 9.90 Å². The van der Waals surface area contributed by atoms with Crippen LogP contribution in [-0.2, 0) is 9.53 Å². The van der Waals surface area contributed by atoms with Crippen LogP contribution in [-0.4, -0.2) is 34.8 Å². The molecule has 3 rings (SSSR count). The van der Waals surface area contributed by atoms with Crippen molar-refractivity contribution < 1.29 is 14.6 Å². The number of rotatable bonds is 5. The molecule has 128 valence electrons. The van der Waals surface area contributed by atoms with Crippen LogP contribution in [0.25, 0.3) is 10.9 Å². The van der Waals surface area contributed by atoms with E-state index in [1.807, 2.05) is 30.5 Å². The highest BCUT2D eigenvalue weighted by atomic mass is 16.5. The normalized spacial score (nSPS) is 22.0. The number of methoxy groups -OCH3 is 1. The second kappa shape index (κ2) is 6.49. The highest BCUT2D eigenvalue weighted by molar-refractivity contribution is 5.85. The Morgan fingerprint density at radius 3 is 2.75 bits per heavy atom. The number of hydrogen-bond acceptors (Lipinski definition) is 4. The molecule has 0 radical (unpaired) electrons. The van der Waals surface area contributed by atoms with Gasteiger partial charge in [0.25, 0.3) is 5.91 Å². The van der Waals surface area contributed by atoms with Crippen molar-refractivity contribution >= 4 is 16.8 Å². The van der Waals surface area contributed by atoms with E-state index in [2.05, 4.69) is 16.4 Å². The number of aromatic nitrogens is 1. The summed E-state index contributed by atoms with van der Waals surface area (Å²) in [7, 11) is 1.53. The number of ether oxygens (including phenoxy) is 1. The molecule has 1 atom stereocenters. The minimum Gasteiger partial charge on any atom is -0.393 e. The molecular weight excluding hydrogens is 304 g/mol. The average Bonchev–Trinajstić information content (AvgIpc) is 2.56. The maximum Gasteiger partial charge on any atom is 0.252 e. The summed E-state index contributed by atoms with van der Waals surface area (Å²) in [4.78, 5) is 17.1. The second-order valence-corrected chi connectivity index (χ2v) is 7.01. The first-order valence-corrected chi connectivity index (χ1v) is 8.29. The number of carbonyl (C=O) groups excluding carboxylic acids is 1. The fourth-order valence-electron chi connectivity index (χ4n) is 3.04. The summed E-state index contributed by atoms with van der Waals surface area (Å²) in [5.41, 5.74) is 0.994. The van der Waals surface area contributed by atoms with Crippen LogP contribution in [0.3, 0.4) is 0 Å². The van der Waals surface area contributed by atoms with E-state index in [1.54, 1.807) is 13.8 Å². The fraction of sp³-hybridized carbons (Fsp3) is 0.474. The van der Waals surface area contributed by atoms with Crippen LogP contribution >= 0.6 is 0 Å². The molecule has 1 aliphatic rings. The number of hydrogen-bond donors (Lipinski definition) is 2. The van der Waals surface area contributed by atoms with Gasteiger partial charge in [0.05, 0.1) is 17.7 Å². The topological polar surface area (TPSA) is 71.5 Å². The Labute approximate surface area is 142 Å². The summed E-state index contributed by atoms with van der Waals surface area (Å²) in [5.74, 6) is 0.0455. The van der Waals surface area contributed by atoms with Gasteiger partial charge in [-0.2, -0.15) is 0 Å². The second-order valence-electron chi connectivity index (χ2n) is 7.01. The van der Waals surface area contributed by atoms with Gasteiger partial charge in [-0.15, -0.1) is 0 Å². The molecule has 1 aromatic heterocycles. The number of carbonyl (C=O) groups is 1. The zero-order valence-electron chi connectivity index (χ0n) is 14.3. The van der Waals surface area contributed by atoms with E-state index in [4.69, 9.17) is 4.74 Å². The van der Waals surface area contributed by atoms with E-state index >= 15 is 0 Å². The first-order valence-electron chi connectivity index (χ1n) is 8.29. The van der Waals surface area contributed by atoms with Crippen LogP contribution in [0.5, 0.6) is 0 Å². The largest absolute Gasteiger partial charge is 0.393 e. The predicted molar refractivity (Wildman–Crippen MR) is 92.4 cm³/mol. The van der Waals surface area contributed by atoms with Crippen LogP contribution < -0.4 is 5.32 Å². The molecule has 0 unspecified atom stereocenters. The lowest BCUT2D eigenvalue weighted by Gasteiger charge is -2.39. The Bertz CT molecular complexity index is 738. The zero-order chi connectivity index (χ0) is 17.3. The van der Waals surface area contributed by atoms with Gasteiger partial charge in [-0.1, -0.05) is 18.2 Å². The molecule has 1 aromatic carbocycles. The van der Waals surface area contributed by atoms with Crippen LogP contribution in [0, 0.1) is 5.92 Å². The Morgan fingerprint density at radius 1 is 1.38 bits per heavy atom. The first kappa shape index (κ1) is 16.9. The van der Waals surface area contributed by atoms with E-state index in [1.165, 1.54) is 7.11 Å². The third-order valence-electron chi connectivity index (χ3n) is 4.94. The van der Waals surface area contributed by atoms with E-state index in [0.717, 1.165) is 16.5 Å². The third kappa shape index (κ3) is 3.28. The van der Waals surface area contributed by atoms with E-state index in [0.29, 0.717) is 12.8 Å².